The summed E-state index contributed by atoms with van der Waals surface area (Å²) in [5.41, 5.74) is 2.14. The van der Waals surface area contributed by atoms with Crippen molar-refractivity contribution in [2.45, 2.75) is 13.8 Å². The zero-order valence-electron chi connectivity index (χ0n) is 10.7. The van der Waals surface area contributed by atoms with E-state index in [9.17, 15) is 4.79 Å². The summed E-state index contributed by atoms with van der Waals surface area (Å²) in [6.45, 7) is 3.76. The van der Waals surface area contributed by atoms with Crippen molar-refractivity contribution in [2.24, 2.45) is 0 Å². The molecule has 2 aromatic heterocycles. The summed E-state index contributed by atoms with van der Waals surface area (Å²) >= 11 is 0. The Labute approximate surface area is 106 Å². The van der Waals surface area contributed by atoms with Gasteiger partial charge in [-0.1, -0.05) is 12.1 Å². The highest BCUT2D eigenvalue weighted by Gasteiger charge is 2.15. The molecule has 0 aliphatic heterocycles. The van der Waals surface area contributed by atoms with Crippen LogP contribution in [0.1, 0.15) is 21.9 Å². The van der Waals surface area contributed by atoms with Gasteiger partial charge in [-0.15, -0.1) is 0 Å². The molecule has 0 bridgehead atoms. The van der Waals surface area contributed by atoms with Gasteiger partial charge in [-0.05, 0) is 38.1 Å². The number of anilines is 1. The van der Waals surface area contributed by atoms with Crippen LogP contribution < -0.4 is 4.90 Å². The van der Waals surface area contributed by atoms with Crippen LogP contribution >= 0.6 is 0 Å². The van der Waals surface area contributed by atoms with Gasteiger partial charge < -0.3 is 0 Å². The first-order chi connectivity index (χ1) is 8.58. The predicted molar refractivity (Wildman–Crippen MR) is 70.7 cm³/mol. The Balaban J connectivity index is 2.29. The number of amides is 1. The highest BCUT2D eigenvalue weighted by Crippen LogP contribution is 2.12. The first-order valence-electron chi connectivity index (χ1n) is 5.73. The van der Waals surface area contributed by atoms with Crippen molar-refractivity contribution >= 4 is 11.7 Å². The summed E-state index contributed by atoms with van der Waals surface area (Å²) < 4.78 is 0. The quantitative estimate of drug-likeness (QED) is 0.811. The van der Waals surface area contributed by atoms with Gasteiger partial charge in [-0.25, -0.2) is 9.97 Å². The number of pyridine rings is 2. The van der Waals surface area contributed by atoms with Crippen LogP contribution in [0.15, 0.2) is 36.4 Å². The van der Waals surface area contributed by atoms with Crippen molar-refractivity contribution in [1.29, 1.82) is 0 Å². The number of hydrogen-bond donors (Lipinski definition) is 0. The lowest BCUT2D eigenvalue weighted by Crippen LogP contribution is -2.28. The van der Waals surface area contributed by atoms with Gasteiger partial charge in [-0.3, -0.25) is 9.69 Å². The second-order valence-corrected chi connectivity index (χ2v) is 4.17. The maximum Gasteiger partial charge on any atom is 0.277 e. The fraction of sp³-hybridized carbons (Fsp3) is 0.214. The Kier molecular flexibility index (Phi) is 3.37. The molecule has 92 valence electrons. The average Bonchev–Trinajstić information content (AvgIpc) is 2.37. The van der Waals surface area contributed by atoms with Crippen LogP contribution in [0, 0.1) is 13.8 Å². The zero-order chi connectivity index (χ0) is 13.1. The molecular weight excluding hydrogens is 226 g/mol. The molecule has 2 rings (SSSR count). The SMILES string of the molecule is Cc1cccc(C(=O)N(C)c2cccc(C)n2)n1. The van der Waals surface area contributed by atoms with Crippen LogP contribution in [0.4, 0.5) is 5.82 Å². The first-order valence-corrected chi connectivity index (χ1v) is 5.73. The normalized spacial score (nSPS) is 10.2. The van der Waals surface area contributed by atoms with Crippen molar-refractivity contribution in [3.63, 3.8) is 0 Å². The first kappa shape index (κ1) is 12.2. The van der Waals surface area contributed by atoms with E-state index in [2.05, 4.69) is 9.97 Å². The molecule has 18 heavy (non-hydrogen) atoms. The third kappa shape index (κ3) is 2.53. The minimum Gasteiger partial charge on any atom is -0.294 e. The van der Waals surface area contributed by atoms with Gasteiger partial charge in [0.1, 0.15) is 11.5 Å². The van der Waals surface area contributed by atoms with Crippen LogP contribution in [0.3, 0.4) is 0 Å². The van der Waals surface area contributed by atoms with Gasteiger partial charge in [-0.2, -0.15) is 0 Å². The molecule has 0 saturated heterocycles. The van der Waals surface area contributed by atoms with Crippen molar-refractivity contribution < 1.29 is 4.79 Å². The number of carbonyl (C=O) groups excluding carboxylic acids is 1. The van der Waals surface area contributed by atoms with Gasteiger partial charge in [0.25, 0.3) is 5.91 Å². The van der Waals surface area contributed by atoms with Gasteiger partial charge in [0.2, 0.25) is 0 Å². The molecule has 0 spiro atoms. The van der Waals surface area contributed by atoms with Gasteiger partial charge in [0.15, 0.2) is 0 Å². The minimum absolute atomic E-state index is 0.156. The Morgan fingerprint density at radius 2 is 1.61 bits per heavy atom. The number of hydrogen-bond acceptors (Lipinski definition) is 3. The molecule has 0 aliphatic carbocycles. The third-order valence-corrected chi connectivity index (χ3v) is 2.63. The molecule has 2 heterocycles. The second-order valence-electron chi connectivity index (χ2n) is 4.17. The highest BCUT2D eigenvalue weighted by atomic mass is 16.2. The summed E-state index contributed by atoms with van der Waals surface area (Å²) in [7, 11) is 1.70. The molecule has 4 heteroatoms. The van der Waals surface area contributed by atoms with Crippen LogP contribution in [0.2, 0.25) is 0 Å². The number of nitrogens with zero attached hydrogens (tertiary/aromatic N) is 3. The van der Waals surface area contributed by atoms with Gasteiger partial charge in [0, 0.05) is 18.4 Å². The van der Waals surface area contributed by atoms with E-state index in [-0.39, 0.29) is 5.91 Å². The van der Waals surface area contributed by atoms with Crippen LogP contribution in [0.5, 0.6) is 0 Å². The maximum atomic E-state index is 12.2. The van der Waals surface area contributed by atoms with Crippen molar-refractivity contribution in [1.82, 2.24) is 9.97 Å². The van der Waals surface area contributed by atoms with Crippen LogP contribution in [0.25, 0.3) is 0 Å². The lowest BCUT2D eigenvalue weighted by molar-refractivity contribution is 0.0987. The average molecular weight is 241 g/mol. The number of aromatic nitrogens is 2. The topological polar surface area (TPSA) is 46.1 Å². The summed E-state index contributed by atoms with van der Waals surface area (Å²) in [5, 5.41) is 0. The monoisotopic (exact) mass is 241 g/mol. The molecular formula is C14H15N3O. The van der Waals surface area contributed by atoms with Crippen molar-refractivity contribution in [2.75, 3.05) is 11.9 Å². The maximum absolute atomic E-state index is 12.2. The molecule has 0 radical (unpaired) electrons. The van der Waals surface area contributed by atoms with E-state index in [1.165, 1.54) is 4.90 Å². The summed E-state index contributed by atoms with van der Waals surface area (Å²) in [4.78, 5) is 22.3. The Hall–Kier alpha value is -2.23. The number of carbonyl (C=O) groups is 1. The van der Waals surface area contributed by atoms with Crippen LogP contribution in [-0.2, 0) is 0 Å². The van der Waals surface area contributed by atoms with E-state index in [1.54, 1.807) is 19.2 Å². The Morgan fingerprint density at radius 3 is 2.22 bits per heavy atom. The molecule has 4 nitrogen and oxygen atoms in total. The Morgan fingerprint density at radius 1 is 1.00 bits per heavy atom. The van der Waals surface area contributed by atoms with Gasteiger partial charge in [0.05, 0.1) is 0 Å². The second kappa shape index (κ2) is 4.96. The van der Waals surface area contributed by atoms with E-state index in [0.29, 0.717) is 11.5 Å². The summed E-state index contributed by atoms with van der Waals surface area (Å²) in [6, 6.07) is 11.0. The van der Waals surface area contributed by atoms with E-state index in [0.717, 1.165) is 11.4 Å². The smallest absolute Gasteiger partial charge is 0.277 e. The predicted octanol–water partition coefficient (Wildman–Crippen LogP) is 2.37. The highest BCUT2D eigenvalue weighted by molar-refractivity contribution is 6.03. The summed E-state index contributed by atoms with van der Waals surface area (Å²) in [6.07, 6.45) is 0. The lowest BCUT2D eigenvalue weighted by atomic mass is 10.3. The zero-order valence-corrected chi connectivity index (χ0v) is 10.7. The standard InChI is InChI=1S/C14H15N3O/c1-10-6-4-8-12(15-10)14(18)17(3)13-9-5-7-11(2)16-13/h4-9H,1-3H3. The Bertz CT molecular complexity index is 581. The van der Waals surface area contributed by atoms with Crippen LogP contribution in [-0.4, -0.2) is 22.9 Å². The van der Waals surface area contributed by atoms with Gasteiger partial charge >= 0.3 is 0 Å². The number of aryl methyl sites for hydroxylation is 2. The van der Waals surface area contributed by atoms with E-state index in [1.807, 2.05) is 38.1 Å². The fourth-order valence-corrected chi connectivity index (χ4v) is 1.65. The molecule has 0 saturated carbocycles. The molecule has 0 N–H and O–H groups in total. The van der Waals surface area contributed by atoms with E-state index in [4.69, 9.17) is 0 Å². The summed E-state index contributed by atoms with van der Waals surface area (Å²) in [5.74, 6) is 0.472. The van der Waals surface area contributed by atoms with Crippen molar-refractivity contribution in [3.8, 4) is 0 Å². The molecule has 0 aliphatic rings. The minimum atomic E-state index is -0.156. The molecule has 0 atom stereocenters. The fourth-order valence-electron chi connectivity index (χ4n) is 1.65. The third-order valence-electron chi connectivity index (χ3n) is 2.63. The molecule has 1 amide bonds. The van der Waals surface area contributed by atoms with Crippen molar-refractivity contribution in [3.05, 3.63) is 53.5 Å². The molecule has 0 aromatic carbocycles. The number of rotatable bonds is 2. The molecule has 0 fully saturated rings. The largest absolute Gasteiger partial charge is 0.294 e. The molecule has 2 aromatic rings. The van der Waals surface area contributed by atoms with E-state index >= 15 is 0 Å². The lowest BCUT2D eigenvalue weighted by Gasteiger charge is -2.16. The van der Waals surface area contributed by atoms with E-state index < -0.39 is 0 Å². The molecule has 0 unspecified atom stereocenters.